The molecule has 4 nitrogen and oxygen atoms in total. The standard InChI is InChI=1S/C12H23N3OS/c16-12(15-9-11-5-3-7-17-11)14-8-10-4-1-2-6-13-10/h10-11,13H,1-9H2,(H2,14,15,16). The van der Waals surface area contributed by atoms with Gasteiger partial charge in [0.15, 0.2) is 0 Å². The van der Waals surface area contributed by atoms with Gasteiger partial charge in [-0.05, 0) is 38.0 Å². The largest absolute Gasteiger partial charge is 0.337 e. The first-order chi connectivity index (χ1) is 8.34. The van der Waals surface area contributed by atoms with E-state index in [1.807, 2.05) is 11.8 Å². The Morgan fingerprint density at radius 3 is 2.76 bits per heavy atom. The Labute approximate surface area is 108 Å². The highest BCUT2D eigenvalue weighted by atomic mass is 32.2. The molecule has 0 aliphatic carbocycles. The number of carbonyl (C=O) groups excluding carboxylic acids is 1. The summed E-state index contributed by atoms with van der Waals surface area (Å²) in [5.74, 6) is 1.25. The van der Waals surface area contributed by atoms with Gasteiger partial charge in [-0.15, -0.1) is 0 Å². The molecule has 2 aliphatic heterocycles. The van der Waals surface area contributed by atoms with Crippen LogP contribution < -0.4 is 16.0 Å². The first kappa shape index (κ1) is 13.0. The summed E-state index contributed by atoms with van der Waals surface area (Å²) >= 11 is 1.98. The van der Waals surface area contributed by atoms with Crippen molar-refractivity contribution < 1.29 is 4.79 Å². The van der Waals surface area contributed by atoms with Crippen molar-refractivity contribution >= 4 is 17.8 Å². The minimum Gasteiger partial charge on any atom is -0.337 e. The molecule has 0 saturated carbocycles. The maximum Gasteiger partial charge on any atom is 0.314 e. The molecule has 2 rings (SSSR count). The molecule has 2 atom stereocenters. The number of piperidine rings is 1. The molecule has 2 fully saturated rings. The van der Waals surface area contributed by atoms with Crippen LogP contribution in [0, 0.1) is 0 Å². The molecular weight excluding hydrogens is 234 g/mol. The molecule has 17 heavy (non-hydrogen) atoms. The molecule has 2 heterocycles. The molecule has 0 spiro atoms. The zero-order valence-electron chi connectivity index (χ0n) is 10.3. The Morgan fingerprint density at radius 2 is 2.06 bits per heavy atom. The summed E-state index contributed by atoms with van der Waals surface area (Å²) in [5, 5.41) is 9.98. The highest BCUT2D eigenvalue weighted by Gasteiger charge is 2.17. The van der Waals surface area contributed by atoms with Gasteiger partial charge >= 0.3 is 6.03 Å². The molecule has 0 aromatic heterocycles. The minimum absolute atomic E-state index is 0.00938. The van der Waals surface area contributed by atoms with E-state index in [1.165, 1.54) is 37.9 Å². The van der Waals surface area contributed by atoms with Crippen LogP contribution in [0.2, 0.25) is 0 Å². The van der Waals surface area contributed by atoms with Crippen molar-refractivity contribution in [2.45, 2.75) is 43.4 Å². The lowest BCUT2D eigenvalue weighted by molar-refractivity contribution is 0.238. The van der Waals surface area contributed by atoms with Crippen LogP contribution in [-0.4, -0.2) is 42.7 Å². The monoisotopic (exact) mass is 257 g/mol. The fourth-order valence-corrected chi connectivity index (χ4v) is 3.59. The molecule has 2 unspecified atom stereocenters. The average molecular weight is 257 g/mol. The highest BCUT2D eigenvalue weighted by Crippen LogP contribution is 2.25. The molecule has 5 heteroatoms. The highest BCUT2D eigenvalue weighted by molar-refractivity contribution is 8.00. The summed E-state index contributed by atoms with van der Waals surface area (Å²) in [7, 11) is 0. The van der Waals surface area contributed by atoms with E-state index in [9.17, 15) is 4.79 Å². The van der Waals surface area contributed by atoms with E-state index in [0.717, 1.165) is 19.6 Å². The zero-order chi connectivity index (χ0) is 11.9. The van der Waals surface area contributed by atoms with Crippen LogP contribution in [0.5, 0.6) is 0 Å². The van der Waals surface area contributed by atoms with Crippen molar-refractivity contribution in [3.63, 3.8) is 0 Å². The van der Waals surface area contributed by atoms with E-state index < -0.39 is 0 Å². The molecule has 2 saturated heterocycles. The van der Waals surface area contributed by atoms with E-state index in [1.54, 1.807) is 0 Å². The maximum absolute atomic E-state index is 11.6. The summed E-state index contributed by atoms with van der Waals surface area (Å²) in [6.45, 7) is 2.66. The van der Waals surface area contributed by atoms with Crippen LogP contribution in [0.25, 0.3) is 0 Å². The normalized spacial score (nSPS) is 28.9. The van der Waals surface area contributed by atoms with Gasteiger partial charge in [-0.1, -0.05) is 6.42 Å². The fourth-order valence-electron chi connectivity index (χ4n) is 2.39. The summed E-state index contributed by atoms with van der Waals surface area (Å²) in [6.07, 6.45) is 6.26. The predicted octanol–water partition coefficient (Wildman–Crippen LogP) is 1.32. The predicted molar refractivity (Wildman–Crippen MR) is 72.5 cm³/mol. The van der Waals surface area contributed by atoms with Crippen LogP contribution in [0.4, 0.5) is 4.79 Å². The Hall–Kier alpha value is -0.420. The van der Waals surface area contributed by atoms with Crippen molar-refractivity contribution in [3.05, 3.63) is 0 Å². The molecule has 0 aromatic rings. The van der Waals surface area contributed by atoms with E-state index >= 15 is 0 Å². The van der Waals surface area contributed by atoms with E-state index in [0.29, 0.717) is 11.3 Å². The van der Waals surface area contributed by atoms with Gasteiger partial charge in [-0.3, -0.25) is 0 Å². The van der Waals surface area contributed by atoms with Crippen molar-refractivity contribution in [1.82, 2.24) is 16.0 Å². The second kappa shape index (κ2) is 7.11. The lowest BCUT2D eigenvalue weighted by atomic mass is 10.1. The lowest BCUT2D eigenvalue weighted by Crippen LogP contribution is -2.47. The Morgan fingerprint density at radius 1 is 1.18 bits per heavy atom. The van der Waals surface area contributed by atoms with Crippen LogP contribution in [-0.2, 0) is 0 Å². The number of rotatable bonds is 4. The van der Waals surface area contributed by atoms with E-state index in [-0.39, 0.29) is 6.03 Å². The molecule has 2 aliphatic rings. The second-order valence-electron chi connectivity index (χ2n) is 4.87. The Bertz CT molecular complexity index is 238. The smallest absolute Gasteiger partial charge is 0.314 e. The molecule has 3 N–H and O–H groups in total. The summed E-state index contributed by atoms with van der Waals surface area (Å²) in [5.41, 5.74) is 0. The third-order valence-electron chi connectivity index (χ3n) is 3.44. The summed E-state index contributed by atoms with van der Waals surface area (Å²) in [4.78, 5) is 11.6. The van der Waals surface area contributed by atoms with Gasteiger partial charge < -0.3 is 16.0 Å². The second-order valence-corrected chi connectivity index (χ2v) is 6.28. The van der Waals surface area contributed by atoms with Crippen LogP contribution >= 0.6 is 11.8 Å². The summed E-state index contributed by atoms with van der Waals surface area (Å²) in [6, 6.07) is 0.459. The van der Waals surface area contributed by atoms with E-state index in [4.69, 9.17) is 0 Å². The Kier molecular flexibility index (Phi) is 5.45. The van der Waals surface area contributed by atoms with Gasteiger partial charge in [0.05, 0.1) is 0 Å². The number of urea groups is 1. The van der Waals surface area contributed by atoms with Gasteiger partial charge in [0, 0.05) is 24.4 Å². The van der Waals surface area contributed by atoms with Crippen LogP contribution in [0.3, 0.4) is 0 Å². The topological polar surface area (TPSA) is 53.2 Å². The molecule has 0 aromatic carbocycles. The molecule has 2 amide bonds. The fraction of sp³-hybridized carbons (Fsp3) is 0.917. The van der Waals surface area contributed by atoms with Gasteiger partial charge in [0.25, 0.3) is 0 Å². The average Bonchev–Trinajstić information content (AvgIpc) is 2.88. The van der Waals surface area contributed by atoms with Crippen LogP contribution in [0.1, 0.15) is 32.1 Å². The first-order valence-electron chi connectivity index (χ1n) is 6.71. The zero-order valence-corrected chi connectivity index (χ0v) is 11.2. The third kappa shape index (κ3) is 4.76. The molecule has 0 bridgehead atoms. The molecule has 98 valence electrons. The van der Waals surface area contributed by atoms with Crippen molar-refractivity contribution in [2.24, 2.45) is 0 Å². The van der Waals surface area contributed by atoms with Crippen molar-refractivity contribution in [2.75, 3.05) is 25.4 Å². The molecule has 0 radical (unpaired) electrons. The number of carbonyl (C=O) groups is 1. The van der Waals surface area contributed by atoms with Gasteiger partial charge in [0.1, 0.15) is 0 Å². The summed E-state index contributed by atoms with van der Waals surface area (Å²) < 4.78 is 0. The third-order valence-corrected chi connectivity index (χ3v) is 4.83. The minimum atomic E-state index is -0.00938. The maximum atomic E-state index is 11.6. The number of hydrogen-bond donors (Lipinski definition) is 3. The quantitative estimate of drug-likeness (QED) is 0.712. The molecular formula is C12H23N3OS. The van der Waals surface area contributed by atoms with Crippen molar-refractivity contribution in [3.8, 4) is 0 Å². The number of hydrogen-bond acceptors (Lipinski definition) is 3. The number of nitrogens with one attached hydrogen (secondary N) is 3. The Balaban J connectivity index is 1.53. The van der Waals surface area contributed by atoms with Gasteiger partial charge in [0.2, 0.25) is 0 Å². The SMILES string of the molecule is O=C(NCC1CCCCN1)NCC1CCCS1. The van der Waals surface area contributed by atoms with Gasteiger partial charge in [-0.25, -0.2) is 4.79 Å². The van der Waals surface area contributed by atoms with Crippen molar-refractivity contribution in [1.29, 1.82) is 0 Å². The van der Waals surface area contributed by atoms with Crippen LogP contribution in [0.15, 0.2) is 0 Å². The number of thioether (sulfide) groups is 1. The van der Waals surface area contributed by atoms with E-state index in [2.05, 4.69) is 16.0 Å². The number of amides is 2. The first-order valence-corrected chi connectivity index (χ1v) is 7.76. The van der Waals surface area contributed by atoms with Gasteiger partial charge in [-0.2, -0.15) is 11.8 Å². The lowest BCUT2D eigenvalue weighted by Gasteiger charge is -2.23.